The summed E-state index contributed by atoms with van der Waals surface area (Å²) in [5.74, 6) is -2.03. The number of nitrogens with zero attached hydrogens (tertiary/aromatic N) is 1. The predicted molar refractivity (Wildman–Crippen MR) is 93.7 cm³/mol. The lowest BCUT2D eigenvalue weighted by Crippen LogP contribution is -2.31. The molecule has 1 aliphatic rings. The van der Waals surface area contributed by atoms with Crippen LogP contribution in [0, 0.1) is 5.82 Å². The van der Waals surface area contributed by atoms with Gasteiger partial charge in [-0.05, 0) is 37.6 Å². The Morgan fingerprint density at radius 1 is 1.04 bits per heavy atom. The number of hydrogen-bond donors (Lipinski definition) is 1. The highest BCUT2D eigenvalue weighted by Crippen LogP contribution is 2.30. The highest BCUT2D eigenvalue weighted by Gasteiger charge is 2.39. The number of rotatable bonds is 5. The summed E-state index contributed by atoms with van der Waals surface area (Å²) in [4.78, 5) is 25.8. The quantitative estimate of drug-likeness (QED) is 0.834. The Kier molecular flexibility index (Phi) is 4.75. The van der Waals surface area contributed by atoms with Crippen molar-refractivity contribution >= 4 is 17.4 Å². The zero-order valence-electron chi connectivity index (χ0n) is 14.4. The molecule has 0 fully saturated rings. The zero-order valence-corrected chi connectivity index (χ0v) is 14.4. The van der Waals surface area contributed by atoms with Gasteiger partial charge in [-0.2, -0.15) is 0 Å². The lowest BCUT2D eigenvalue weighted by Gasteiger charge is -2.15. The monoisotopic (exact) mass is 355 g/mol. The molecule has 134 valence electrons. The molecule has 1 N–H and O–H groups in total. The first kappa shape index (κ1) is 17.7. The Morgan fingerprint density at radius 2 is 1.69 bits per heavy atom. The average molecular weight is 355 g/mol. The second-order valence-electron chi connectivity index (χ2n) is 6.20. The van der Waals surface area contributed by atoms with Gasteiger partial charge < -0.3 is 9.84 Å². The topological polar surface area (TPSA) is 66.8 Å². The highest BCUT2D eigenvalue weighted by molar-refractivity contribution is 6.34. The summed E-state index contributed by atoms with van der Waals surface area (Å²) in [6.07, 6.45) is -0.000538. The van der Waals surface area contributed by atoms with Gasteiger partial charge in [0.25, 0.3) is 11.8 Å². The van der Waals surface area contributed by atoms with Crippen molar-refractivity contribution in [1.82, 2.24) is 4.90 Å². The van der Waals surface area contributed by atoms with E-state index in [1.807, 2.05) is 13.8 Å². The predicted octanol–water partition coefficient (Wildman–Crippen LogP) is 3.45. The number of aliphatic hydroxyl groups excluding tert-OH is 1. The van der Waals surface area contributed by atoms with E-state index in [0.717, 1.165) is 4.90 Å². The number of carbonyl (C=O) groups is 2. The number of halogens is 1. The second-order valence-corrected chi connectivity index (χ2v) is 6.20. The molecule has 5 nitrogen and oxygen atoms in total. The van der Waals surface area contributed by atoms with E-state index in [0.29, 0.717) is 11.3 Å². The molecule has 0 saturated heterocycles. The van der Waals surface area contributed by atoms with Crippen molar-refractivity contribution in [2.75, 3.05) is 0 Å². The molecule has 0 unspecified atom stereocenters. The zero-order chi connectivity index (χ0) is 18.8. The van der Waals surface area contributed by atoms with Crippen molar-refractivity contribution in [3.05, 3.63) is 71.2 Å². The summed E-state index contributed by atoms with van der Waals surface area (Å²) < 4.78 is 19.4. The lowest BCUT2D eigenvalue weighted by atomic mass is 10.1. The fourth-order valence-corrected chi connectivity index (χ4v) is 2.74. The normalized spacial score (nSPS) is 14.5. The number of hydrogen-bond acceptors (Lipinski definition) is 4. The summed E-state index contributed by atoms with van der Waals surface area (Å²) in [6.45, 7) is 3.54. The van der Waals surface area contributed by atoms with Crippen molar-refractivity contribution < 1.29 is 23.8 Å². The fourth-order valence-electron chi connectivity index (χ4n) is 2.74. The van der Waals surface area contributed by atoms with Crippen LogP contribution >= 0.6 is 0 Å². The van der Waals surface area contributed by atoms with Crippen LogP contribution in [-0.2, 0) is 16.1 Å². The van der Waals surface area contributed by atoms with E-state index in [4.69, 9.17) is 4.74 Å². The Morgan fingerprint density at radius 3 is 2.31 bits per heavy atom. The molecule has 0 aliphatic carbocycles. The van der Waals surface area contributed by atoms with Crippen molar-refractivity contribution in [3.63, 3.8) is 0 Å². The maximum Gasteiger partial charge on any atom is 0.296 e. The van der Waals surface area contributed by atoms with Crippen LogP contribution in [0.15, 0.2) is 54.3 Å². The van der Waals surface area contributed by atoms with Crippen LogP contribution in [-0.4, -0.2) is 27.9 Å². The molecule has 2 aromatic rings. The van der Waals surface area contributed by atoms with Crippen LogP contribution in [0.3, 0.4) is 0 Å². The molecule has 0 radical (unpaired) electrons. The van der Waals surface area contributed by atoms with Crippen molar-refractivity contribution in [2.24, 2.45) is 0 Å². The molecule has 0 bridgehead atoms. The third-order valence-corrected chi connectivity index (χ3v) is 3.94. The van der Waals surface area contributed by atoms with Crippen molar-refractivity contribution in [1.29, 1.82) is 0 Å². The summed E-state index contributed by atoms with van der Waals surface area (Å²) in [5.41, 5.74) is 0.499. The largest absolute Gasteiger partial charge is 0.502 e. The van der Waals surface area contributed by atoms with Gasteiger partial charge >= 0.3 is 0 Å². The van der Waals surface area contributed by atoms with Gasteiger partial charge in [0.1, 0.15) is 11.6 Å². The van der Waals surface area contributed by atoms with Crippen LogP contribution < -0.4 is 4.74 Å². The molecule has 2 aromatic carbocycles. The molecule has 2 amide bonds. The van der Waals surface area contributed by atoms with E-state index in [2.05, 4.69) is 0 Å². The highest BCUT2D eigenvalue weighted by atomic mass is 19.1. The first-order valence-electron chi connectivity index (χ1n) is 8.18. The van der Waals surface area contributed by atoms with Gasteiger partial charge in [-0.3, -0.25) is 14.5 Å². The van der Waals surface area contributed by atoms with E-state index >= 15 is 0 Å². The van der Waals surface area contributed by atoms with Gasteiger partial charge in [-0.25, -0.2) is 4.39 Å². The minimum Gasteiger partial charge on any atom is -0.502 e. The molecule has 1 aliphatic heterocycles. The maximum atomic E-state index is 13.8. The number of benzene rings is 2. The minimum atomic E-state index is -0.837. The van der Waals surface area contributed by atoms with Crippen LogP contribution in [0.4, 0.5) is 4.39 Å². The Balaban J connectivity index is 1.86. The van der Waals surface area contributed by atoms with E-state index in [-0.39, 0.29) is 23.8 Å². The van der Waals surface area contributed by atoms with E-state index in [9.17, 15) is 19.1 Å². The molecule has 26 heavy (non-hydrogen) atoms. The molecule has 3 rings (SSSR count). The first-order valence-corrected chi connectivity index (χ1v) is 8.18. The molecular weight excluding hydrogens is 337 g/mol. The molecule has 0 aromatic heterocycles. The minimum absolute atomic E-state index is 0.000538. The number of ether oxygens (including phenoxy) is 1. The van der Waals surface area contributed by atoms with Crippen LogP contribution in [0.1, 0.15) is 25.0 Å². The average Bonchev–Trinajstić information content (AvgIpc) is 2.81. The molecule has 0 spiro atoms. The number of amides is 2. The van der Waals surface area contributed by atoms with Gasteiger partial charge in [0.05, 0.1) is 18.2 Å². The van der Waals surface area contributed by atoms with E-state index in [1.54, 1.807) is 30.3 Å². The van der Waals surface area contributed by atoms with E-state index < -0.39 is 23.4 Å². The molecule has 0 atom stereocenters. The third-order valence-electron chi connectivity index (χ3n) is 3.94. The SMILES string of the molecule is CC(C)Oc1ccc(C2=C(O)C(=O)N(Cc3ccccc3F)C2=O)cc1. The van der Waals surface area contributed by atoms with Crippen molar-refractivity contribution in [2.45, 2.75) is 26.5 Å². The Labute approximate surface area is 150 Å². The fraction of sp³-hybridized carbons (Fsp3) is 0.200. The first-order chi connectivity index (χ1) is 12.4. The Bertz CT molecular complexity index is 887. The maximum absolute atomic E-state index is 13.8. The summed E-state index contributed by atoms with van der Waals surface area (Å²) in [7, 11) is 0. The molecule has 6 heteroatoms. The lowest BCUT2D eigenvalue weighted by molar-refractivity contribution is -0.138. The number of aliphatic hydroxyl groups is 1. The van der Waals surface area contributed by atoms with Crippen LogP contribution in [0.2, 0.25) is 0 Å². The van der Waals surface area contributed by atoms with Gasteiger partial charge in [0.15, 0.2) is 5.76 Å². The molecule has 0 saturated carbocycles. The summed E-state index contributed by atoms with van der Waals surface area (Å²) in [6, 6.07) is 12.4. The third kappa shape index (κ3) is 3.31. The molecular formula is C20H18FNO4. The standard InChI is InChI=1S/C20H18FNO4/c1-12(2)26-15-9-7-13(8-10-15)17-18(23)20(25)22(19(17)24)11-14-5-3-4-6-16(14)21/h3-10,12,23H,11H2,1-2H3. The number of carbonyl (C=O) groups excluding carboxylic acids is 2. The van der Waals surface area contributed by atoms with Crippen LogP contribution in [0.25, 0.3) is 5.57 Å². The summed E-state index contributed by atoms with van der Waals surface area (Å²) in [5, 5.41) is 10.2. The van der Waals surface area contributed by atoms with Gasteiger partial charge in [-0.1, -0.05) is 30.3 Å². The van der Waals surface area contributed by atoms with Crippen LogP contribution in [0.5, 0.6) is 5.75 Å². The molecule has 1 heterocycles. The van der Waals surface area contributed by atoms with Crippen molar-refractivity contribution in [3.8, 4) is 5.75 Å². The summed E-state index contributed by atoms with van der Waals surface area (Å²) >= 11 is 0. The smallest absolute Gasteiger partial charge is 0.296 e. The van der Waals surface area contributed by atoms with Gasteiger partial charge in [0, 0.05) is 5.56 Å². The second kappa shape index (κ2) is 7.00. The van der Waals surface area contributed by atoms with E-state index in [1.165, 1.54) is 18.2 Å². The van der Waals surface area contributed by atoms with Gasteiger partial charge in [0.2, 0.25) is 0 Å². The Hall–Kier alpha value is -3.15. The number of imide groups is 1. The van der Waals surface area contributed by atoms with Gasteiger partial charge in [-0.15, -0.1) is 0 Å².